The molecule has 0 spiro atoms. The van der Waals surface area contributed by atoms with Crippen LogP contribution in [0.5, 0.6) is 5.75 Å². The number of nitrogens with one attached hydrogen (secondary N) is 4. The Balaban J connectivity index is 2.11. The lowest BCUT2D eigenvalue weighted by molar-refractivity contribution is -0.143. The number of rotatable bonds is 9. The van der Waals surface area contributed by atoms with Crippen molar-refractivity contribution in [1.82, 2.24) is 10.6 Å². The van der Waals surface area contributed by atoms with Crippen LogP contribution < -0.4 is 21.7 Å². The summed E-state index contributed by atoms with van der Waals surface area (Å²) in [5.74, 6) is -2.42. The molecule has 0 saturated heterocycles. The third kappa shape index (κ3) is 7.85. The highest BCUT2D eigenvalue weighted by molar-refractivity contribution is 6.35. The number of hydrogen-bond donors (Lipinski definition) is 6. The summed E-state index contributed by atoms with van der Waals surface area (Å²) in [6.45, 7) is 1.35. The second-order valence-electron chi connectivity index (χ2n) is 6.76. The number of halogens is 2. The highest BCUT2D eigenvalue weighted by Gasteiger charge is 2.24. The SMILES string of the molecule is CCOC(=O)CC(NC(=O)CNC(=O)c1cccc(NC(=N)N)c1)c1cc(Cl)cc(Cl)c1O. The zero-order valence-corrected chi connectivity index (χ0v) is 19.1. The van der Waals surface area contributed by atoms with Crippen LogP contribution in [-0.2, 0) is 14.3 Å². The smallest absolute Gasteiger partial charge is 0.308 e. The van der Waals surface area contributed by atoms with E-state index in [9.17, 15) is 19.5 Å². The Morgan fingerprint density at radius 1 is 1.21 bits per heavy atom. The first kappa shape index (κ1) is 25.8. The van der Waals surface area contributed by atoms with Crippen LogP contribution in [-0.4, -0.2) is 42.0 Å². The summed E-state index contributed by atoms with van der Waals surface area (Å²) in [5, 5.41) is 25.3. The summed E-state index contributed by atoms with van der Waals surface area (Å²) in [5.41, 5.74) is 6.07. The maximum atomic E-state index is 12.5. The molecule has 2 aromatic rings. The second kappa shape index (κ2) is 11.9. The minimum atomic E-state index is -1.01. The standard InChI is InChI=1S/C21H23Cl2N5O5/c1-2-33-18(30)9-16(14-7-12(22)8-15(23)19(14)31)28-17(29)10-26-20(32)11-4-3-5-13(6-11)27-21(24)25/h3-8,16,31H,2,9-10H2,1H3,(H,26,32)(H,28,29)(H4,24,25,27). The Kier molecular flexibility index (Phi) is 9.31. The molecule has 0 aromatic heterocycles. The molecule has 1 unspecified atom stereocenters. The first-order chi connectivity index (χ1) is 15.6. The van der Waals surface area contributed by atoms with Gasteiger partial charge in [0.1, 0.15) is 5.75 Å². The van der Waals surface area contributed by atoms with Crippen LogP contribution in [0.25, 0.3) is 0 Å². The molecule has 10 nitrogen and oxygen atoms in total. The molecule has 0 aliphatic carbocycles. The number of ether oxygens (including phenoxy) is 1. The summed E-state index contributed by atoms with van der Waals surface area (Å²) < 4.78 is 4.93. The molecule has 33 heavy (non-hydrogen) atoms. The third-order valence-electron chi connectivity index (χ3n) is 4.26. The van der Waals surface area contributed by atoms with Crippen LogP contribution in [0.3, 0.4) is 0 Å². The van der Waals surface area contributed by atoms with Gasteiger partial charge in [0, 0.05) is 21.8 Å². The van der Waals surface area contributed by atoms with E-state index in [1.807, 2.05) is 0 Å². The number of phenols is 1. The molecule has 0 bridgehead atoms. The Bertz CT molecular complexity index is 1060. The minimum absolute atomic E-state index is 0.0482. The fourth-order valence-electron chi connectivity index (χ4n) is 2.88. The molecule has 0 aliphatic heterocycles. The van der Waals surface area contributed by atoms with Crippen molar-refractivity contribution in [2.24, 2.45) is 5.73 Å². The fraction of sp³-hybridized carbons (Fsp3) is 0.238. The summed E-state index contributed by atoms with van der Waals surface area (Å²) in [6, 6.07) is 7.87. The average Bonchev–Trinajstić information content (AvgIpc) is 2.74. The molecular weight excluding hydrogens is 473 g/mol. The van der Waals surface area contributed by atoms with E-state index in [-0.39, 0.29) is 45.9 Å². The van der Waals surface area contributed by atoms with Crippen LogP contribution in [0.1, 0.15) is 35.3 Å². The summed E-state index contributed by atoms with van der Waals surface area (Å²) in [6.07, 6.45) is -0.295. The van der Waals surface area contributed by atoms with Crippen LogP contribution >= 0.6 is 23.2 Å². The maximum absolute atomic E-state index is 12.5. The summed E-state index contributed by atoms with van der Waals surface area (Å²) >= 11 is 12.0. The third-order valence-corrected chi connectivity index (χ3v) is 4.76. The van der Waals surface area contributed by atoms with Crippen molar-refractivity contribution in [3.63, 3.8) is 0 Å². The number of amides is 2. The van der Waals surface area contributed by atoms with Crippen molar-refractivity contribution in [1.29, 1.82) is 5.41 Å². The molecule has 7 N–H and O–H groups in total. The van der Waals surface area contributed by atoms with Crippen LogP contribution in [0.15, 0.2) is 36.4 Å². The summed E-state index contributed by atoms with van der Waals surface area (Å²) in [4.78, 5) is 36.9. The summed E-state index contributed by atoms with van der Waals surface area (Å²) in [7, 11) is 0. The Morgan fingerprint density at radius 2 is 1.94 bits per heavy atom. The first-order valence-corrected chi connectivity index (χ1v) is 10.5. The van der Waals surface area contributed by atoms with E-state index in [4.69, 9.17) is 39.1 Å². The molecule has 0 fully saturated rings. The number of phenolic OH excluding ortho intramolecular Hbond substituents is 1. The van der Waals surface area contributed by atoms with Crippen molar-refractivity contribution in [2.75, 3.05) is 18.5 Å². The van der Waals surface area contributed by atoms with E-state index in [0.717, 1.165) is 0 Å². The normalized spacial score (nSPS) is 11.2. The molecule has 2 rings (SSSR count). The second-order valence-corrected chi connectivity index (χ2v) is 7.60. The van der Waals surface area contributed by atoms with Gasteiger partial charge in [0.25, 0.3) is 5.91 Å². The van der Waals surface area contributed by atoms with Gasteiger partial charge in [0.05, 0.1) is 30.6 Å². The predicted molar refractivity (Wildman–Crippen MR) is 125 cm³/mol. The molecule has 0 saturated carbocycles. The van der Waals surface area contributed by atoms with Crippen molar-refractivity contribution < 1.29 is 24.2 Å². The molecule has 0 aliphatic rings. The van der Waals surface area contributed by atoms with Gasteiger partial charge in [-0.3, -0.25) is 19.8 Å². The lowest BCUT2D eigenvalue weighted by Crippen LogP contribution is -2.39. The lowest BCUT2D eigenvalue weighted by Gasteiger charge is -2.20. The van der Waals surface area contributed by atoms with Gasteiger partial charge in [-0.1, -0.05) is 29.3 Å². The van der Waals surface area contributed by atoms with Crippen LogP contribution in [0.2, 0.25) is 10.0 Å². The maximum Gasteiger partial charge on any atom is 0.308 e. The van der Waals surface area contributed by atoms with Gasteiger partial charge in [-0.25, -0.2) is 0 Å². The zero-order chi connectivity index (χ0) is 24.5. The molecule has 0 radical (unpaired) electrons. The molecule has 2 aromatic carbocycles. The van der Waals surface area contributed by atoms with Crippen molar-refractivity contribution in [3.05, 3.63) is 57.6 Å². The molecule has 2 amide bonds. The zero-order valence-electron chi connectivity index (χ0n) is 17.6. The Morgan fingerprint density at radius 3 is 2.61 bits per heavy atom. The van der Waals surface area contributed by atoms with E-state index in [2.05, 4.69) is 16.0 Å². The molecule has 1 atom stereocenters. The number of hydrogen-bond acceptors (Lipinski definition) is 6. The number of guanidine groups is 1. The monoisotopic (exact) mass is 495 g/mol. The molecule has 0 heterocycles. The van der Waals surface area contributed by atoms with Gasteiger partial charge < -0.3 is 31.5 Å². The Hall–Kier alpha value is -3.50. The topological polar surface area (TPSA) is 167 Å². The van der Waals surface area contributed by atoms with E-state index in [1.54, 1.807) is 19.1 Å². The largest absolute Gasteiger partial charge is 0.506 e. The average molecular weight is 496 g/mol. The number of carbonyl (C=O) groups is 3. The number of anilines is 1. The minimum Gasteiger partial charge on any atom is -0.506 e. The number of benzene rings is 2. The van der Waals surface area contributed by atoms with E-state index in [1.165, 1.54) is 24.3 Å². The van der Waals surface area contributed by atoms with Gasteiger partial charge in [0.2, 0.25) is 5.91 Å². The number of nitrogens with two attached hydrogens (primary N) is 1. The quantitative estimate of drug-likeness (QED) is 0.176. The van der Waals surface area contributed by atoms with E-state index >= 15 is 0 Å². The fourth-order valence-corrected chi connectivity index (χ4v) is 3.39. The lowest BCUT2D eigenvalue weighted by atomic mass is 10.0. The van der Waals surface area contributed by atoms with Crippen LogP contribution in [0.4, 0.5) is 5.69 Å². The molecule has 176 valence electrons. The van der Waals surface area contributed by atoms with Crippen molar-refractivity contribution in [2.45, 2.75) is 19.4 Å². The highest BCUT2D eigenvalue weighted by atomic mass is 35.5. The van der Waals surface area contributed by atoms with Gasteiger partial charge >= 0.3 is 5.97 Å². The van der Waals surface area contributed by atoms with Gasteiger partial charge in [-0.05, 0) is 37.3 Å². The molecular formula is C21H23Cl2N5O5. The van der Waals surface area contributed by atoms with Gasteiger partial charge in [-0.2, -0.15) is 0 Å². The Labute approximate surface area is 199 Å². The van der Waals surface area contributed by atoms with Gasteiger partial charge in [0.15, 0.2) is 5.96 Å². The van der Waals surface area contributed by atoms with E-state index < -0.39 is 30.4 Å². The number of aromatic hydroxyl groups is 1. The number of esters is 1. The van der Waals surface area contributed by atoms with Crippen molar-refractivity contribution in [3.8, 4) is 5.75 Å². The number of carbonyl (C=O) groups excluding carboxylic acids is 3. The van der Waals surface area contributed by atoms with Gasteiger partial charge in [-0.15, -0.1) is 0 Å². The van der Waals surface area contributed by atoms with Crippen molar-refractivity contribution >= 4 is 52.6 Å². The first-order valence-electron chi connectivity index (χ1n) is 9.72. The highest BCUT2D eigenvalue weighted by Crippen LogP contribution is 2.36. The van der Waals surface area contributed by atoms with Crippen LogP contribution in [0, 0.1) is 5.41 Å². The van der Waals surface area contributed by atoms with E-state index in [0.29, 0.717) is 5.69 Å². The molecule has 12 heteroatoms. The predicted octanol–water partition coefficient (Wildman–Crippen LogP) is 2.54.